The molecule has 0 aliphatic heterocycles. The third kappa shape index (κ3) is 2.15. The number of rotatable bonds is 1. The molecule has 2 aromatic heterocycles. The Morgan fingerprint density at radius 3 is 2.41 bits per heavy atom. The van der Waals surface area contributed by atoms with Gasteiger partial charge in [0.2, 0.25) is 0 Å². The molecule has 0 spiro atoms. The fourth-order valence-electron chi connectivity index (χ4n) is 2.69. The summed E-state index contributed by atoms with van der Waals surface area (Å²) in [7, 11) is 0. The van der Waals surface area contributed by atoms with Crippen molar-refractivity contribution in [3.63, 3.8) is 0 Å². The van der Waals surface area contributed by atoms with E-state index in [0.717, 1.165) is 32.9 Å². The fourth-order valence-corrected chi connectivity index (χ4v) is 3.40. The molecule has 2 aromatic carbocycles. The lowest BCUT2D eigenvalue weighted by molar-refractivity contribution is 1.33. The Morgan fingerprint density at radius 1 is 0.773 bits per heavy atom. The van der Waals surface area contributed by atoms with E-state index in [1.165, 1.54) is 0 Å². The molecule has 0 amide bonds. The maximum absolute atomic E-state index is 6.44. The molecule has 0 bridgehead atoms. The molecule has 0 aliphatic carbocycles. The molecule has 108 valence electrons. The van der Waals surface area contributed by atoms with Crippen LogP contribution in [0.4, 0.5) is 0 Å². The molecule has 0 saturated carbocycles. The summed E-state index contributed by atoms with van der Waals surface area (Å²) < 4.78 is 0. The van der Waals surface area contributed by atoms with Crippen LogP contribution in [0, 0.1) is 0 Å². The number of H-pyrrole nitrogens is 1. The van der Waals surface area contributed by atoms with Crippen LogP contribution < -0.4 is 0 Å². The van der Waals surface area contributed by atoms with Gasteiger partial charge in [0.1, 0.15) is 10.3 Å². The normalized spacial score (nSPS) is 11.4. The van der Waals surface area contributed by atoms with Crippen LogP contribution in [0.3, 0.4) is 0 Å². The number of fused-ring (bicyclic) bond motifs is 3. The fraction of sp³-hybridized carbons (Fsp3) is 0. The first kappa shape index (κ1) is 13.9. The van der Waals surface area contributed by atoms with E-state index in [-0.39, 0.29) is 0 Å². The molecule has 2 heterocycles. The lowest BCUT2D eigenvalue weighted by Gasteiger charge is -2.07. The van der Waals surface area contributed by atoms with Crippen LogP contribution in [0.25, 0.3) is 32.9 Å². The van der Waals surface area contributed by atoms with Gasteiger partial charge in [-0.2, -0.15) is 0 Å². The minimum Gasteiger partial charge on any atom is -0.354 e. The molecule has 0 radical (unpaired) electrons. The van der Waals surface area contributed by atoms with Gasteiger partial charge in [-0.15, -0.1) is 0 Å². The maximum Gasteiger partial charge on any atom is 0.138 e. The Kier molecular flexibility index (Phi) is 3.26. The van der Waals surface area contributed by atoms with Gasteiger partial charge in [0.05, 0.1) is 5.02 Å². The SMILES string of the molecule is Clc1ccc(-c2cc3c(cc2Cl)[nH]c2ccccc23)c(Cl)n1. The van der Waals surface area contributed by atoms with Crippen LogP contribution in [-0.4, -0.2) is 9.97 Å². The second kappa shape index (κ2) is 5.17. The van der Waals surface area contributed by atoms with E-state index in [2.05, 4.69) is 16.0 Å². The van der Waals surface area contributed by atoms with Crippen LogP contribution in [0.1, 0.15) is 0 Å². The zero-order chi connectivity index (χ0) is 15.3. The van der Waals surface area contributed by atoms with Crippen molar-refractivity contribution in [1.29, 1.82) is 0 Å². The summed E-state index contributed by atoms with van der Waals surface area (Å²) in [4.78, 5) is 7.45. The lowest BCUT2D eigenvalue weighted by atomic mass is 10.0. The predicted octanol–water partition coefficient (Wildman–Crippen LogP) is 6.34. The van der Waals surface area contributed by atoms with Gasteiger partial charge in [-0.05, 0) is 30.3 Å². The van der Waals surface area contributed by atoms with E-state index in [1.807, 2.05) is 36.4 Å². The third-order valence-corrected chi connectivity index (χ3v) is 4.51. The van der Waals surface area contributed by atoms with Gasteiger partial charge in [0, 0.05) is 32.9 Å². The second-order valence-electron chi connectivity index (χ2n) is 5.02. The number of para-hydroxylation sites is 1. The van der Waals surface area contributed by atoms with Crippen molar-refractivity contribution in [3.8, 4) is 11.1 Å². The van der Waals surface area contributed by atoms with E-state index in [1.54, 1.807) is 6.07 Å². The van der Waals surface area contributed by atoms with Crippen molar-refractivity contribution in [1.82, 2.24) is 9.97 Å². The summed E-state index contributed by atoms with van der Waals surface area (Å²) in [6.07, 6.45) is 0. The molecular weight excluding hydrogens is 339 g/mol. The van der Waals surface area contributed by atoms with Crippen LogP contribution in [0.2, 0.25) is 15.3 Å². The Hall–Kier alpha value is -1.74. The van der Waals surface area contributed by atoms with Gasteiger partial charge >= 0.3 is 0 Å². The summed E-state index contributed by atoms with van der Waals surface area (Å²) in [5, 5.41) is 3.56. The summed E-state index contributed by atoms with van der Waals surface area (Å²) >= 11 is 18.5. The largest absolute Gasteiger partial charge is 0.354 e. The number of nitrogens with one attached hydrogen (secondary N) is 1. The molecule has 0 aliphatic rings. The van der Waals surface area contributed by atoms with E-state index in [4.69, 9.17) is 34.8 Å². The first-order valence-corrected chi connectivity index (χ1v) is 7.79. The number of aromatic nitrogens is 2. The number of nitrogens with zero attached hydrogens (tertiary/aromatic N) is 1. The first-order valence-electron chi connectivity index (χ1n) is 6.66. The molecule has 1 N–H and O–H groups in total. The minimum absolute atomic E-state index is 0.341. The van der Waals surface area contributed by atoms with Crippen molar-refractivity contribution < 1.29 is 0 Å². The number of pyridine rings is 1. The van der Waals surface area contributed by atoms with Gasteiger partial charge in [0.25, 0.3) is 0 Å². The number of halogens is 3. The summed E-state index contributed by atoms with van der Waals surface area (Å²) in [6, 6.07) is 15.6. The highest BCUT2D eigenvalue weighted by Gasteiger charge is 2.13. The van der Waals surface area contributed by atoms with Crippen LogP contribution >= 0.6 is 34.8 Å². The van der Waals surface area contributed by atoms with Crippen molar-refractivity contribution >= 4 is 56.6 Å². The van der Waals surface area contributed by atoms with Gasteiger partial charge < -0.3 is 4.98 Å². The molecule has 22 heavy (non-hydrogen) atoms. The zero-order valence-electron chi connectivity index (χ0n) is 11.2. The highest BCUT2D eigenvalue weighted by atomic mass is 35.5. The Bertz CT molecular complexity index is 1020. The molecular formula is C17H9Cl3N2. The molecule has 5 heteroatoms. The Labute approximate surface area is 141 Å². The molecule has 0 saturated heterocycles. The minimum atomic E-state index is 0.341. The third-order valence-electron chi connectivity index (χ3n) is 3.70. The maximum atomic E-state index is 6.44. The Balaban J connectivity index is 2.05. The summed E-state index contributed by atoms with van der Waals surface area (Å²) in [6.45, 7) is 0. The van der Waals surface area contributed by atoms with E-state index in [9.17, 15) is 0 Å². The topological polar surface area (TPSA) is 28.7 Å². The molecule has 0 atom stereocenters. The van der Waals surface area contributed by atoms with Crippen LogP contribution in [-0.2, 0) is 0 Å². The summed E-state index contributed by atoms with van der Waals surface area (Å²) in [5.41, 5.74) is 3.68. The summed E-state index contributed by atoms with van der Waals surface area (Å²) in [5.74, 6) is 0. The molecule has 0 unspecified atom stereocenters. The van der Waals surface area contributed by atoms with Crippen LogP contribution in [0.15, 0.2) is 48.5 Å². The Morgan fingerprint density at radius 2 is 1.59 bits per heavy atom. The number of hydrogen-bond donors (Lipinski definition) is 1. The number of hydrogen-bond acceptors (Lipinski definition) is 1. The van der Waals surface area contributed by atoms with Crippen molar-refractivity contribution in [2.75, 3.05) is 0 Å². The lowest BCUT2D eigenvalue weighted by Crippen LogP contribution is -1.85. The average Bonchev–Trinajstić information content (AvgIpc) is 2.84. The van der Waals surface area contributed by atoms with Gasteiger partial charge in [-0.3, -0.25) is 0 Å². The zero-order valence-corrected chi connectivity index (χ0v) is 13.5. The van der Waals surface area contributed by atoms with Gasteiger partial charge in [0.15, 0.2) is 0 Å². The van der Waals surface area contributed by atoms with Crippen molar-refractivity contribution in [3.05, 3.63) is 63.9 Å². The molecule has 0 fully saturated rings. The standard InChI is InChI=1S/C17H9Cl3N2/c18-13-8-15-12(9-3-1-2-4-14(9)21-15)7-11(13)10-5-6-16(19)22-17(10)20/h1-8,21H. The van der Waals surface area contributed by atoms with Crippen molar-refractivity contribution in [2.24, 2.45) is 0 Å². The average molecular weight is 348 g/mol. The van der Waals surface area contributed by atoms with Gasteiger partial charge in [-0.25, -0.2) is 4.98 Å². The van der Waals surface area contributed by atoms with E-state index < -0.39 is 0 Å². The monoisotopic (exact) mass is 346 g/mol. The number of aromatic amines is 1. The van der Waals surface area contributed by atoms with Gasteiger partial charge in [-0.1, -0.05) is 53.0 Å². The second-order valence-corrected chi connectivity index (χ2v) is 6.17. The number of benzene rings is 2. The molecule has 4 rings (SSSR count). The van der Waals surface area contributed by atoms with Crippen molar-refractivity contribution in [2.45, 2.75) is 0 Å². The molecule has 4 aromatic rings. The highest BCUT2D eigenvalue weighted by Crippen LogP contribution is 2.37. The van der Waals surface area contributed by atoms with E-state index in [0.29, 0.717) is 15.3 Å². The predicted molar refractivity (Wildman–Crippen MR) is 94.1 cm³/mol. The smallest absolute Gasteiger partial charge is 0.138 e. The van der Waals surface area contributed by atoms with E-state index >= 15 is 0 Å². The quantitative estimate of drug-likeness (QED) is 0.400. The first-order chi connectivity index (χ1) is 10.6. The highest BCUT2D eigenvalue weighted by molar-refractivity contribution is 6.37. The molecule has 2 nitrogen and oxygen atoms in total. The van der Waals surface area contributed by atoms with Crippen LogP contribution in [0.5, 0.6) is 0 Å².